The third kappa shape index (κ3) is 5.81. The molecule has 0 saturated carbocycles. The molecule has 8 heteroatoms. The van der Waals surface area contributed by atoms with E-state index in [0.717, 1.165) is 50.7 Å². The Kier molecular flexibility index (Phi) is 9.46. The number of nitrogens with zero attached hydrogens (tertiary/aromatic N) is 3. The zero-order valence-corrected chi connectivity index (χ0v) is 19.1. The summed E-state index contributed by atoms with van der Waals surface area (Å²) in [7, 11) is 3.44. The number of hydrogen-bond acceptors (Lipinski definition) is 4. The molecule has 1 amide bonds. The Morgan fingerprint density at radius 2 is 2.11 bits per heavy atom. The molecular formula is C20H31IN4O3. The van der Waals surface area contributed by atoms with Crippen LogP contribution in [0.3, 0.4) is 0 Å². The average molecular weight is 502 g/mol. The van der Waals surface area contributed by atoms with Crippen LogP contribution in [0.5, 0.6) is 0 Å². The number of aliphatic imine (C=N–C) groups is 1. The van der Waals surface area contributed by atoms with Crippen LogP contribution in [0, 0.1) is 5.92 Å². The molecule has 3 rings (SSSR count). The molecule has 0 radical (unpaired) electrons. The second-order valence-corrected chi connectivity index (χ2v) is 6.99. The number of halogens is 1. The van der Waals surface area contributed by atoms with Gasteiger partial charge in [-0.2, -0.15) is 0 Å². The third-order valence-electron chi connectivity index (χ3n) is 5.17. The van der Waals surface area contributed by atoms with Gasteiger partial charge in [-0.3, -0.25) is 9.79 Å². The molecule has 1 unspecified atom stereocenters. The lowest BCUT2D eigenvalue weighted by Crippen LogP contribution is -2.45. The molecule has 1 fully saturated rings. The second kappa shape index (κ2) is 11.6. The van der Waals surface area contributed by atoms with Gasteiger partial charge in [-0.15, -0.1) is 24.0 Å². The molecule has 7 nitrogen and oxygen atoms in total. The Morgan fingerprint density at radius 3 is 2.89 bits per heavy atom. The minimum atomic E-state index is 0. The zero-order valence-electron chi connectivity index (χ0n) is 16.7. The summed E-state index contributed by atoms with van der Waals surface area (Å²) in [5, 5.41) is 3.24. The first-order valence-corrected chi connectivity index (χ1v) is 9.63. The molecule has 2 aliphatic heterocycles. The van der Waals surface area contributed by atoms with Crippen molar-refractivity contribution in [1.82, 2.24) is 10.2 Å². The number of methoxy groups -OCH3 is 1. The Balaban J connectivity index is 0.00000280. The van der Waals surface area contributed by atoms with E-state index in [4.69, 9.17) is 9.47 Å². The number of likely N-dealkylation sites (tertiary alicyclic amines) is 1. The van der Waals surface area contributed by atoms with Crippen LogP contribution in [-0.2, 0) is 20.7 Å². The van der Waals surface area contributed by atoms with E-state index < -0.39 is 0 Å². The topological polar surface area (TPSA) is 66.4 Å². The number of guanidine groups is 1. The standard InChI is InChI=1S/C20H30N4O3.HI/c1-21-20(23-9-7-16(14-23)15-27-12-11-26-2)22-13-19(25)24-10-8-17-5-3-4-6-18(17)24;/h3-6,16H,7-15H2,1-2H3,(H,21,22);1H. The molecule has 1 N–H and O–H groups in total. The summed E-state index contributed by atoms with van der Waals surface area (Å²) in [6.45, 7) is 4.83. The third-order valence-corrected chi connectivity index (χ3v) is 5.17. The molecule has 0 aliphatic carbocycles. The summed E-state index contributed by atoms with van der Waals surface area (Å²) < 4.78 is 10.6. The highest BCUT2D eigenvalue weighted by Crippen LogP contribution is 2.27. The van der Waals surface area contributed by atoms with Crippen molar-refractivity contribution in [1.29, 1.82) is 0 Å². The number of amides is 1. The summed E-state index contributed by atoms with van der Waals surface area (Å²) in [6, 6.07) is 8.11. The number of fused-ring (bicyclic) bond motifs is 1. The van der Waals surface area contributed by atoms with Gasteiger partial charge in [0.2, 0.25) is 5.91 Å². The average Bonchev–Trinajstić information content (AvgIpc) is 3.33. The van der Waals surface area contributed by atoms with E-state index in [1.807, 2.05) is 23.1 Å². The van der Waals surface area contributed by atoms with Crippen LogP contribution < -0.4 is 10.2 Å². The smallest absolute Gasteiger partial charge is 0.246 e. The van der Waals surface area contributed by atoms with Gasteiger partial charge in [-0.1, -0.05) is 18.2 Å². The van der Waals surface area contributed by atoms with E-state index in [0.29, 0.717) is 19.1 Å². The van der Waals surface area contributed by atoms with Crippen molar-refractivity contribution in [3.63, 3.8) is 0 Å². The highest BCUT2D eigenvalue weighted by Gasteiger charge is 2.27. The first-order valence-electron chi connectivity index (χ1n) is 9.63. The van der Waals surface area contributed by atoms with Gasteiger partial charge < -0.3 is 24.6 Å². The summed E-state index contributed by atoms with van der Waals surface area (Å²) in [5.41, 5.74) is 2.28. The minimum absolute atomic E-state index is 0. The van der Waals surface area contributed by atoms with Crippen molar-refractivity contribution >= 4 is 41.5 Å². The molecular weight excluding hydrogens is 471 g/mol. The number of rotatable bonds is 7. The van der Waals surface area contributed by atoms with Gasteiger partial charge in [0.1, 0.15) is 0 Å². The van der Waals surface area contributed by atoms with E-state index in [1.165, 1.54) is 5.56 Å². The number of ether oxygens (including phenoxy) is 2. The van der Waals surface area contributed by atoms with Crippen LogP contribution in [-0.4, -0.2) is 76.9 Å². The highest BCUT2D eigenvalue weighted by atomic mass is 127. The number of para-hydroxylation sites is 1. The predicted octanol–water partition coefficient (Wildman–Crippen LogP) is 1.75. The molecule has 156 valence electrons. The van der Waals surface area contributed by atoms with Crippen molar-refractivity contribution in [3.8, 4) is 0 Å². The second-order valence-electron chi connectivity index (χ2n) is 6.99. The van der Waals surface area contributed by atoms with E-state index in [1.54, 1.807) is 14.2 Å². The molecule has 1 saturated heterocycles. The van der Waals surface area contributed by atoms with Crippen molar-refractivity contribution in [2.24, 2.45) is 10.9 Å². The van der Waals surface area contributed by atoms with Crippen LogP contribution >= 0.6 is 24.0 Å². The van der Waals surface area contributed by atoms with Gasteiger partial charge >= 0.3 is 0 Å². The highest BCUT2D eigenvalue weighted by molar-refractivity contribution is 14.0. The molecule has 1 atom stereocenters. The maximum absolute atomic E-state index is 12.7. The summed E-state index contributed by atoms with van der Waals surface area (Å²) in [6.07, 6.45) is 1.99. The zero-order chi connectivity index (χ0) is 19.1. The maximum Gasteiger partial charge on any atom is 0.246 e. The van der Waals surface area contributed by atoms with Crippen molar-refractivity contribution in [3.05, 3.63) is 29.8 Å². The molecule has 1 aromatic rings. The largest absolute Gasteiger partial charge is 0.382 e. The van der Waals surface area contributed by atoms with Crippen LogP contribution in [0.1, 0.15) is 12.0 Å². The lowest BCUT2D eigenvalue weighted by Gasteiger charge is -2.23. The quantitative estimate of drug-likeness (QED) is 0.267. The van der Waals surface area contributed by atoms with Gasteiger partial charge in [-0.05, 0) is 24.5 Å². The predicted molar refractivity (Wildman–Crippen MR) is 122 cm³/mol. The lowest BCUT2D eigenvalue weighted by molar-refractivity contribution is -0.117. The molecule has 0 bridgehead atoms. The minimum Gasteiger partial charge on any atom is -0.382 e. The number of nitrogens with one attached hydrogen (secondary N) is 1. The maximum atomic E-state index is 12.7. The van der Waals surface area contributed by atoms with Crippen LogP contribution in [0.2, 0.25) is 0 Å². The van der Waals surface area contributed by atoms with Gasteiger partial charge in [0, 0.05) is 45.4 Å². The van der Waals surface area contributed by atoms with Crippen LogP contribution in [0.4, 0.5) is 5.69 Å². The van der Waals surface area contributed by atoms with Crippen molar-refractivity contribution in [2.45, 2.75) is 12.8 Å². The van der Waals surface area contributed by atoms with Gasteiger partial charge in [0.15, 0.2) is 5.96 Å². The Bertz CT molecular complexity index is 671. The molecule has 2 aliphatic rings. The van der Waals surface area contributed by atoms with Gasteiger partial charge in [0.25, 0.3) is 0 Å². The summed E-state index contributed by atoms with van der Waals surface area (Å²) >= 11 is 0. The monoisotopic (exact) mass is 502 g/mol. The van der Waals surface area contributed by atoms with Crippen molar-refractivity contribution < 1.29 is 14.3 Å². The van der Waals surface area contributed by atoms with E-state index >= 15 is 0 Å². The number of benzene rings is 1. The van der Waals surface area contributed by atoms with E-state index in [2.05, 4.69) is 21.3 Å². The number of carbonyl (C=O) groups excluding carboxylic acids is 1. The fourth-order valence-electron chi connectivity index (χ4n) is 3.73. The summed E-state index contributed by atoms with van der Waals surface area (Å²) in [5.74, 6) is 1.36. The van der Waals surface area contributed by atoms with E-state index in [-0.39, 0.29) is 36.4 Å². The normalized spacial score (nSPS) is 18.8. The van der Waals surface area contributed by atoms with Crippen LogP contribution in [0.15, 0.2) is 29.3 Å². The molecule has 2 heterocycles. The summed E-state index contributed by atoms with van der Waals surface area (Å²) in [4.78, 5) is 21.1. The number of anilines is 1. The first kappa shape index (κ1) is 22.9. The Hall–Kier alpha value is -1.39. The fraction of sp³-hybridized carbons (Fsp3) is 0.600. The number of hydrogen-bond donors (Lipinski definition) is 1. The fourth-order valence-corrected chi connectivity index (χ4v) is 3.73. The molecule has 0 spiro atoms. The lowest BCUT2D eigenvalue weighted by atomic mass is 10.1. The van der Waals surface area contributed by atoms with E-state index in [9.17, 15) is 4.79 Å². The van der Waals surface area contributed by atoms with Gasteiger partial charge in [0.05, 0.1) is 26.4 Å². The molecule has 0 aromatic heterocycles. The SMILES string of the molecule is CN=C(NCC(=O)N1CCc2ccccc21)N1CCC(COCCOC)C1.I. The molecule has 1 aromatic carbocycles. The Labute approximate surface area is 184 Å². The van der Waals surface area contributed by atoms with Crippen LogP contribution in [0.25, 0.3) is 0 Å². The Morgan fingerprint density at radius 1 is 1.29 bits per heavy atom. The first-order chi connectivity index (χ1) is 13.2. The molecule has 28 heavy (non-hydrogen) atoms. The number of carbonyl (C=O) groups is 1. The van der Waals surface area contributed by atoms with Crippen molar-refractivity contribution in [2.75, 3.05) is 65.1 Å². The van der Waals surface area contributed by atoms with Gasteiger partial charge in [-0.25, -0.2) is 0 Å².